The summed E-state index contributed by atoms with van der Waals surface area (Å²) in [7, 11) is 0. The molecule has 43 heavy (non-hydrogen) atoms. The van der Waals surface area contributed by atoms with Crippen LogP contribution in [-0.4, -0.2) is 110 Å². The Morgan fingerprint density at radius 1 is 0.581 bits per heavy atom. The normalized spacial score (nSPS) is 11.8. The molecule has 3 rings (SSSR count). The number of carbonyl (C=O) groups excluding carboxylic acids is 6. The van der Waals surface area contributed by atoms with Crippen molar-refractivity contribution in [1.29, 1.82) is 0 Å². The molecule has 3 atom stereocenters. The van der Waals surface area contributed by atoms with Gasteiger partial charge in [0.1, 0.15) is 0 Å². The van der Waals surface area contributed by atoms with Crippen molar-refractivity contribution in [2.45, 2.75) is 58.2 Å². The van der Waals surface area contributed by atoms with Gasteiger partial charge in [-0.3, -0.25) is 14.4 Å². The molecule has 0 saturated carbocycles. The van der Waals surface area contributed by atoms with Crippen molar-refractivity contribution in [2.75, 3.05) is 0 Å². The zero-order valence-corrected chi connectivity index (χ0v) is 26.8. The summed E-state index contributed by atoms with van der Waals surface area (Å²) in [6, 6.07) is -3.06. The summed E-state index contributed by atoms with van der Waals surface area (Å²) in [6.45, 7) is 3.76. The zero-order valence-electron chi connectivity index (χ0n) is 23.3. The molecule has 0 unspecified atom stereocenters. The maximum atomic E-state index is 10.7. The molecule has 19 heteroatoms. The number of amides is 3. The quantitative estimate of drug-likeness (QED) is 0.0935. The number of hydrogen-bond acceptors (Lipinski definition) is 12. The Hall–Kier alpha value is -4.67. The van der Waals surface area contributed by atoms with Gasteiger partial charge >= 0.3 is 26.2 Å². The van der Waals surface area contributed by atoms with Crippen molar-refractivity contribution >= 4 is 61.8 Å². The van der Waals surface area contributed by atoms with Gasteiger partial charge in [0.05, 0.1) is 55.0 Å². The monoisotopic (exact) mass is 797 g/mol. The summed E-state index contributed by atoms with van der Waals surface area (Å²) in [5.74, 6) is -5.14. The van der Waals surface area contributed by atoms with Crippen molar-refractivity contribution in [3.05, 3.63) is 54.7 Å². The van der Waals surface area contributed by atoms with E-state index in [4.69, 9.17) is 0 Å². The number of imidazole rings is 3. The van der Waals surface area contributed by atoms with Gasteiger partial charge in [-0.05, 0) is 0 Å². The summed E-state index contributed by atoms with van der Waals surface area (Å²) >= 11 is 0. The van der Waals surface area contributed by atoms with Crippen LogP contribution in [0.25, 0.3) is 0 Å². The van der Waals surface area contributed by atoms with Crippen LogP contribution < -0.4 is 31.3 Å². The number of nitrogens with zero attached hydrogens (tertiary/aromatic N) is 3. The second-order valence-electron chi connectivity index (χ2n) is 8.56. The molecule has 2 radical (unpaired) electrons. The van der Waals surface area contributed by atoms with Crippen molar-refractivity contribution in [3.63, 3.8) is 0 Å². The van der Waals surface area contributed by atoms with Gasteiger partial charge in [0, 0.05) is 75.7 Å². The molecule has 3 aromatic heterocycles. The fourth-order valence-corrected chi connectivity index (χ4v) is 3.16. The number of aromatic nitrogens is 6. The van der Waals surface area contributed by atoms with Gasteiger partial charge < -0.3 is 60.6 Å². The fourth-order valence-electron chi connectivity index (χ4n) is 3.16. The number of carbonyl (C=O) groups is 6. The van der Waals surface area contributed by atoms with Crippen LogP contribution in [0.4, 0.5) is 0 Å². The van der Waals surface area contributed by atoms with Crippen LogP contribution in [0.3, 0.4) is 0 Å². The first-order valence-electron chi connectivity index (χ1n) is 12.1. The van der Waals surface area contributed by atoms with E-state index in [2.05, 4.69) is 45.9 Å². The molecular formula is C24H30BiN9O9. The molecule has 0 aliphatic rings. The van der Waals surface area contributed by atoms with Crippen LogP contribution in [-0.2, 0) is 48.0 Å². The summed E-state index contributed by atoms with van der Waals surface area (Å²) < 4.78 is 0. The maximum absolute atomic E-state index is 10.7. The molecular weight excluding hydrogens is 767 g/mol. The smallest absolute Gasteiger partial charge is 0.548 e. The Bertz CT molecular complexity index is 1130. The molecule has 0 saturated heterocycles. The Kier molecular flexibility index (Phi) is 18.1. The largest absolute Gasteiger partial charge is 3.00 e. The third kappa shape index (κ3) is 17.0. The number of H-pyrrole nitrogens is 3. The van der Waals surface area contributed by atoms with Crippen LogP contribution >= 0.6 is 0 Å². The van der Waals surface area contributed by atoms with Gasteiger partial charge in [-0.25, -0.2) is 15.0 Å². The van der Waals surface area contributed by atoms with E-state index >= 15 is 0 Å². The van der Waals surface area contributed by atoms with Crippen LogP contribution in [0.15, 0.2) is 37.6 Å². The average Bonchev–Trinajstić information content (AvgIpc) is 3.67. The molecule has 3 heterocycles. The van der Waals surface area contributed by atoms with Crippen molar-refractivity contribution < 1.29 is 44.1 Å². The van der Waals surface area contributed by atoms with Gasteiger partial charge in [0.15, 0.2) is 0 Å². The molecule has 3 amide bonds. The van der Waals surface area contributed by atoms with Crippen LogP contribution in [0, 0.1) is 0 Å². The van der Waals surface area contributed by atoms with E-state index in [0.29, 0.717) is 17.1 Å². The average molecular weight is 798 g/mol. The molecule has 0 aromatic carbocycles. The van der Waals surface area contributed by atoms with E-state index in [1.54, 1.807) is 0 Å². The maximum Gasteiger partial charge on any atom is 3.00 e. The first-order valence-corrected chi connectivity index (χ1v) is 12.1. The molecule has 0 bridgehead atoms. The van der Waals surface area contributed by atoms with Crippen LogP contribution in [0.2, 0.25) is 0 Å². The third-order valence-electron chi connectivity index (χ3n) is 4.92. The number of hydrogen-bond donors (Lipinski definition) is 6. The Balaban J connectivity index is 0.000000608. The number of rotatable bonds is 12. The van der Waals surface area contributed by atoms with E-state index in [1.807, 2.05) is 0 Å². The molecule has 18 nitrogen and oxygen atoms in total. The fraction of sp³-hybridized carbons (Fsp3) is 0.375. The summed E-state index contributed by atoms with van der Waals surface area (Å²) in [5.41, 5.74) is 1.90. The molecule has 0 aliphatic carbocycles. The molecule has 0 aliphatic heterocycles. The van der Waals surface area contributed by atoms with Crippen LogP contribution in [0.1, 0.15) is 37.9 Å². The van der Waals surface area contributed by atoms with Gasteiger partial charge in [0.25, 0.3) is 0 Å². The van der Waals surface area contributed by atoms with E-state index in [0.717, 1.165) is 0 Å². The number of carboxylic acids is 3. The van der Waals surface area contributed by atoms with Gasteiger partial charge in [-0.1, -0.05) is 0 Å². The summed E-state index contributed by atoms with van der Waals surface area (Å²) in [6.07, 6.45) is 9.24. The number of carboxylic acid groups (broad SMARTS) is 3. The summed E-state index contributed by atoms with van der Waals surface area (Å²) in [4.78, 5) is 83.2. The summed E-state index contributed by atoms with van der Waals surface area (Å²) in [5, 5.41) is 38.6. The second kappa shape index (κ2) is 20.2. The minimum atomic E-state index is -1.31. The van der Waals surface area contributed by atoms with Gasteiger partial charge in [-0.15, -0.1) is 0 Å². The minimum Gasteiger partial charge on any atom is -0.548 e. The van der Waals surface area contributed by atoms with E-state index in [1.165, 1.54) is 58.3 Å². The zero-order chi connectivity index (χ0) is 31.7. The predicted molar refractivity (Wildman–Crippen MR) is 140 cm³/mol. The van der Waals surface area contributed by atoms with E-state index < -0.39 is 53.8 Å². The number of aliphatic carboxylic acids is 3. The molecule has 0 fully saturated rings. The van der Waals surface area contributed by atoms with E-state index in [-0.39, 0.29) is 45.5 Å². The van der Waals surface area contributed by atoms with Crippen LogP contribution in [0.5, 0.6) is 0 Å². The predicted octanol–water partition coefficient (Wildman–Crippen LogP) is -5.76. The Morgan fingerprint density at radius 2 is 0.814 bits per heavy atom. The first-order chi connectivity index (χ1) is 19.8. The Morgan fingerprint density at radius 3 is 0.953 bits per heavy atom. The molecule has 3 aromatic rings. The topological polar surface area (TPSA) is 294 Å². The first kappa shape index (κ1) is 38.3. The van der Waals surface area contributed by atoms with Crippen molar-refractivity contribution in [2.24, 2.45) is 0 Å². The Labute approximate surface area is 264 Å². The second-order valence-corrected chi connectivity index (χ2v) is 8.56. The molecule has 0 spiro atoms. The van der Waals surface area contributed by atoms with Crippen molar-refractivity contribution in [1.82, 2.24) is 45.9 Å². The number of nitrogens with one attached hydrogen (secondary N) is 6. The van der Waals surface area contributed by atoms with Crippen molar-refractivity contribution in [3.8, 4) is 0 Å². The number of aromatic amines is 3. The molecule has 230 valence electrons. The van der Waals surface area contributed by atoms with Gasteiger partial charge in [-0.2, -0.15) is 0 Å². The molecule has 6 N–H and O–H groups in total. The van der Waals surface area contributed by atoms with Gasteiger partial charge in [0.2, 0.25) is 17.7 Å². The van der Waals surface area contributed by atoms with E-state index in [9.17, 15) is 44.1 Å². The standard InChI is InChI=1S/3C8H11N3O3.Bi/c3*1-5(12)11-7(8(13)14)2-6-3-9-4-10-6;/h3*3-4,7H,2H2,1H3,(H,9,10)(H,11,12)(H,13,14);/q;;;+3/p-3/t3*7-;/m000./s1. The SMILES string of the molecule is CC(=O)N[C@@H](Cc1cnc[nH]1)C(=O)[O-].CC(=O)N[C@@H](Cc1cnc[nH]1)C(=O)[O-].CC(=O)N[C@@H](Cc1cnc[nH]1)C(=O)[O-].[Bi+3]. The minimum absolute atomic E-state index is 0. The third-order valence-corrected chi connectivity index (χ3v) is 4.92.